The van der Waals surface area contributed by atoms with Gasteiger partial charge in [0.15, 0.2) is 0 Å². The molecule has 0 aliphatic rings. The molecule has 0 spiro atoms. The molecule has 0 radical (unpaired) electrons. The molecule has 1 N–H and O–H groups in total. The van der Waals surface area contributed by atoms with Crippen LogP contribution in [0.15, 0.2) is 103 Å². The Morgan fingerprint density at radius 3 is 2.33 bits per heavy atom. The predicted molar refractivity (Wildman–Crippen MR) is 131 cm³/mol. The number of carbonyl (C=O) groups excluding carboxylic acids is 1. The zero-order valence-corrected chi connectivity index (χ0v) is 18.4. The lowest BCUT2D eigenvalue weighted by Gasteiger charge is -2.15. The van der Waals surface area contributed by atoms with Gasteiger partial charge in [-0.2, -0.15) is 5.26 Å². The first-order valence-corrected chi connectivity index (χ1v) is 10.8. The number of nitrogens with zero attached hydrogens (tertiary/aromatic N) is 1. The Kier molecular flexibility index (Phi) is 6.82. The largest absolute Gasteiger partial charge is 0.488 e. The Morgan fingerprint density at radius 1 is 0.939 bits per heavy atom. The van der Waals surface area contributed by atoms with Crippen molar-refractivity contribution in [1.82, 2.24) is 5.32 Å². The normalized spacial score (nSPS) is 12.1. The summed E-state index contributed by atoms with van der Waals surface area (Å²) in [6, 6.07) is 33.1. The molecular formula is C29H24N2O2. The van der Waals surface area contributed by atoms with Gasteiger partial charge in [-0.25, -0.2) is 0 Å². The molecule has 33 heavy (non-hydrogen) atoms. The molecule has 0 aliphatic carbocycles. The van der Waals surface area contributed by atoms with E-state index in [0.717, 1.165) is 21.9 Å². The van der Waals surface area contributed by atoms with Crippen LogP contribution in [-0.2, 0) is 11.4 Å². The summed E-state index contributed by atoms with van der Waals surface area (Å²) in [6.45, 7) is 2.29. The molecule has 0 heterocycles. The van der Waals surface area contributed by atoms with E-state index in [-0.39, 0.29) is 11.6 Å². The molecule has 1 atom stereocenters. The van der Waals surface area contributed by atoms with E-state index in [2.05, 4.69) is 11.4 Å². The SMILES string of the molecule is C[C@@H](NC(=O)/C(C#N)=C/c1c(OCc2ccccc2)ccc2ccccc12)c1ccccc1. The lowest BCUT2D eigenvalue weighted by Crippen LogP contribution is -2.27. The molecule has 0 aliphatic heterocycles. The van der Waals surface area contributed by atoms with Crippen LogP contribution in [0.3, 0.4) is 0 Å². The van der Waals surface area contributed by atoms with Crippen LogP contribution in [0.5, 0.6) is 5.75 Å². The minimum atomic E-state index is -0.421. The van der Waals surface area contributed by atoms with E-state index < -0.39 is 5.91 Å². The van der Waals surface area contributed by atoms with Crippen LogP contribution in [0.25, 0.3) is 16.8 Å². The van der Waals surface area contributed by atoms with Crippen LogP contribution in [0.4, 0.5) is 0 Å². The molecule has 0 saturated heterocycles. The lowest BCUT2D eigenvalue weighted by molar-refractivity contribution is -0.117. The highest BCUT2D eigenvalue weighted by molar-refractivity contribution is 6.05. The maximum Gasteiger partial charge on any atom is 0.262 e. The highest BCUT2D eigenvalue weighted by Crippen LogP contribution is 2.31. The molecular weight excluding hydrogens is 408 g/mol. The summed E-state index contributed by atoms with van der Waals surface area (Å²) in [6.07, 6.45) is 1.62. The summed E-state index contributed by atoms with van der Waals surface area (Å²) in [5, 5.41) is 14.6. The van der Waals surface area contributed by atoms with Crippen molar-refractivity contribution in [3.63, 3.8) is 0 Å². The van der Waals surface area contributed by atoms with Gasteiger partial charge in [0.25, 0.3) is 5.91 Å². The number of nitrogens with one attached hydrogen (secondary N) is 1. The number of fused-ring (bicyclic) bond motifs is 1. The quantitative estimate of drug-likeness (QED) is 0.279. The van der Waals surface area contributed by atoms with Gasteiger partial charge in [-0.15, -0.1) is 0 Å². The number of rotatable bonds is 7. The van der Waals surface area contributed by atoms with Gasteiger partial charge in [0.1, 0.15) is 24.0 Å². The molecule has 1 amide bonds. The van der Waals surface area contributed by atoms with Crippen molar-refractivity contribution in [2.45, 2.75) is 19.6 Å². The monoisotopic (exact) mass is 432 g/mol. The van der Waals surface area contributed by atoms with Gasteiger partial charge < -0.3 is 10.1 Å². The molecule has 0 fully saturated rings. The topological polar surface area (TPSA) is 62.1 Å². The number of hydrogen-bond acceptors (Lipinski definition) is 3. The highest BCUT2D eigenvalue weighted by atomic mass is 16.5. The number of nitriles is 1. The second-order valence-electron chi connectivity index (χ2n) is 7.75. The maximum absolute atomic E-state index is 12.9. The second-order valence-corrected chi connectivity index (χ2v) is 7.75. The molecule has 4 nitrogen and oxygen atoms in total. The smallest absolute Gasteiger partial charge is 0.262 e. The molecule has 4 heteroatoms. The van der Waals surface area contributed by atoms with Crippen LogP contribution >= 0.6 is 0 Å². The van der Waals surface area contributed by atoms with Crippen LogP contribution in [-0.4, -0.2) is 5.91 Å². The summed E-state index contributed by atoms with van der Waals surface area (Å²) < 4.78 is 6.12. The first-order valence-electron chi connectivity index (χ1n) is 10.8. The molecule has 4 rings (SSSR count). The highest BCUT2D eigenvalue weighted by Gasteiger charge is 2.16. The standard InChI is InChI=1S/C29H24N2O2/c1-21(23-12-6-3-7-13-23)31-29(32)25(19-30)18-27-26-15-9-8-14-24(26)16-17-28(27)33-20-22-10-4-2-5-11-22/h2-18,21H,20H2,1H3,(H,31,32)/b25-18+/t21-/m1/s1. The van der Waals surface area contributed by atoms with Gasteiger partial charge in [-0.3, -0.25) is 4.79 Å². The van der Waals surface area contributed by atoms with Gasteiger partial charge in [-0.1, -0.05) is 91.0 Å². The number of ether oxygens (including phenoxy) is 1. The molecule has 4 aromatic carbocycles. The van der Waals surface area contributed by atoms with Crippen molar-refractivity contribution in [2.24, 2.45) is 0 Å². The van der Waals surface area contributed by atoms with Gasteiger partial charge >= 0.3 is 0 Å². The number of benzene rings is 4. The van der Waals surface area contributed by atoms with E-state index in [1.165, 1.54) is 0 Å². The summed E-state index contributed by atoms with van der Waals surface area (Å²) in [5.41, 5.74) is 2.75. The van der Waals surface area contributed by atoms with Crippen LogP contribution in [0.2, 0.25) is 0 Å². The molecule has 0 bridgehead atoms. The Labute approximate surface area is 193 Å². The first-order chi connectivity index (χ1) is 16.2. The maximum atomic E-state index is 12.9. The molecule has 4 aromatic rings. The fraction of sp³-hybridized carbons (Fsp3) is 0.103. The molecule has 0 saturated carbocycles. The number of amides is 1. The second kappa shape index (κ2) is 10.3. The van der Waals surface area contributed by atoms with Gasteiger partial charge in [0.2, 0.25) is 0 Å². The average molecular weight is 433 g/mol. The van der Waals surface area contributed by atoms with E-state index in [9.17, 15) is 10.1 Å². The Balaban J connectivity index is 1.66. The Bertz CT molecular complexity index is 1320. The van der Waals surface area contributed by atoms with Crippen molar-refractivity contribution in [3.8, 4) is 11.8 Å². The number of hydrogen-bond donors (Lipinski definition) is 1. The van der Waals surface area contributed by atoms with Crippen molar-refractivity contribution in [1.29, 1.82) is 5.26 Å². The first kappa shape index (κ1) is 21.9. The van der Waals surface area contributed by atoms with Crippen LogP contribution < -0.4 is 10.1 Å². The third-order valence-electron chi connectivity index (χ3n) is 5.47. The third kappa shape index (κ3) is 5.28. The van der Waals surface area contributed by atoms with Gasteiger partial charge in [-0.05, 0) is 41.0 Å². The Hall–Kier alpha value is -4.36. The van der Waals surface area contributed by atoms with E-state index in [4.69, 9.17) is 4.74 Å². The minimum absolute atomic E-state index is 0.0266. The zero-order valence-electron chi connectivity index (χ0n) is 18.4. The summed E-state index contributed by atoms with van der Waals surface area (Å²) in [4.78, 5) is 12.9. The summed E-state index contributed by atoms with van der Waals surface area (Å²) >= 11 is 0. The van der Waals surface area contributed by atoms with Gasteiger partial charge in [0, 0.05) is 5.56 Å². The molecule has 0 unspecified atom stereocenters. The summed E-state index contributed by atoms with van der Waals surface area (Å²) in [7, 11) is 0. The third-order valence-corrected chi connectivity index (χ3v) is 5.47. The van der Waals surface area contributed by atoms with E-state index in [1.54, 1.807) is 6.08 Å². The van der Waals surface area contributed by atoms with Crippen molar-refractivity contribution < 1.29 is 9.53 Å². The molecule has 162 valence electrons. The van der Waals surface area contributed by atoms with E-state index in [1.807, 2.05) is 104 Å². The van der Waals surface area contributed by atoms with E-state index >= 15 is 0 Å². The van der Waals surface area contributed by atoms with Gasteiger partial charge in [0.05, 0.1) is 6.04 Å². The van der Waals surface area contributed by atoms with Crippen molar-refractivity contribution in [3.05, 3.63) is 119 Å². The van der Waals surface area contributed by atoms with E-state index in [0.29, 0.717) is 17.9 Å². The van der Waals surface area contributed by atoms with Crippen molar-refractivity contribution >= 4 is 22.8 Å². The fourth-order valence-corrected chi connectivity index (χ4v) is 3.68. The lowest BCUT2D eigenvalue weighted by atomic mass is 10.0. The zero-order chi connectivity index (χ0) is 23.0. The van der Waals surface area contributed by atoms with Crippen LogP contribution in [0, 0.1) is 11.3 Å². The minimum Gasteiger partial charge on any atom is -0.488 e. The van der Waals surface area contributed by atoms with Crippen LogP contribution in [0.1, 0.15) is 29.7 Å². The summed E-state index contributed by atoms with van der Waals surface area (Å²) in [5.74, 6) is 0.199. The predicted octanol–water partition coefficient (Wildman–Crippen LogP) is 6.20. The number of carbonyl (C=O) groups is 1. The van der Waals surface area contributed by atoms with Crippen molar-refractivity contribution in [2.75, 3.05) is 0 Å². The molecule has 0 aromatic heterocycles. The Morgan fingerprint density at radius 2 is 1.61 bits per heavy atom. The fourth-order valence-electron chi connectivity index (χ4n) is 3.68. The average Bonchev–Trinajstić information content (AvgIpc) is 2.87.